The second-order valence-electron chi connectivity index (χ2n) is 5.91. The number of halogens is 3. The number of nitrogens with one attached hydrogen (secondary N) is 2. The maximum absolute atomic E-state index is 13.0. The second kappa shape index (κ2) is 9.05. The van der Waals surface area contributed by atoms with E-state index in [-0.39, 0.29) is 5.69 Å². The van der Waals surface area contributed by atoms with E-state index >= 15 is 0 Å². The van der Waals surface area contributed by atoms with E-state index in [2.05, 4.69) is 10.5 Å². The van der Waals surface area contributed by atoms with Crippen molar-refractivity contribution in [3.8, 4) is 6.07 Å². The zero-order valence-electron chi connectivity index (χ0n) is 14.9. The molecule has 0 amide bonds. The van der Waals surface area contributed by atoms with Gasteiger partial charge in [-0.2, -0.15) is 23.5 Å². The first-order valence-corrected chi connectivity index (χ1v) is 7.71. The number of nitrogens with zero attached hydrogens (tertiary/aromatic N) is 4. The molecule has 0 saturated heterocycles. The number of benzene rings is 1. The van der Waals surface area contributed by atoms with Crippen molar-refractivity contribution in [1.82, 2.24) is 4.90 Å². The van der Waals surface area contributed by atoms with Crippen molar-refractivity contribution in [2.24, 2.45) is 10.8 Å². The summed E-state index contributed by atoms with van der Waals surface area (Å²) in [6.07, 6.45) is -3.70. The van der Waals surface area contributed by atoms with E-state index in [1.165, 1.54) is 6.07 Å². The average molecular weight is 369 g/mol. The number of nitrogens with two attached hydrogens (primary N) is 1. The van der Waals surface area contributed by atoms with Crippen molar-refractivity contribution < 1.29 is 13.2 Å². The predicted molar refractivity (Wildman–Crippen MR) is 96.5 cm³/mol. The molecular weight excluding hydrogens is 347 g/mol. The van der Waals surface area contributed by atoms with Gasteiger partial charge in [-0.15, -0.1) is 0 Å². The fourth-order valence-electron chi connectivity index (χ4n) is 2.14. The van der Waals surface area contributed by atoms with Crippen molar-refractivity contribution >= 4 is 22.9 Å². The fourth-order valence-corrected chi connectivity index (χ4v) is 2.14. The molecule has 26 heavy (non-hydrogen) atoms. The molecule has 0 saturated carbocycles. The van der Waals surface area contributed by atoms with E-state index in [4.69, 9.17) is 16.4 Å². The minimum Gasteiger partial charge on any atom is -0.382 e. The molecule has 0 atom stereocenters. The predicted octanol–water partition coefficient (Wildman–Crippen LogP) is 2.32. The van der Waals surface area contributed by atoms with Crippen molar-refractivity contribution in [3.63, 3.8) is 0 Å². The second-order valence-corrected chi connectivity index (χ2v) is 5.91. The lowest BCUT2D eigenvalue weighted by Gasteiger charge is -2.24. The normalized spacial score (nSPS) is 12.0. The molecule has 0 aliphatic carbocycles. The summed E-state index contributed by atoms with van der Waals surface area (Å²) in [5.74, 6) is -0.576. The molecular formula is C16H22F3N7. The standard InChI is InChI=1S/C16H22F3N7/c1-25(2)7-4-8-26(3)14-6-5-11(16(17,18)19)9-12(14)23-24-13(10-20)15(21)22/h5-6,9,23H,4,7-8H2,1-3H3,(H3,21,22)/b24-13+. The minimum atomic E-state index is -4.51. The van der Waals surface area contributed by atoms with Gasteiger partial charge in [0.05, 0.1) is 16.9 Å². The molecule has 10 heteroatoms. The Kier molecular flexibility index (Phi) is 7.40. The van der Waals surface area contributed by atoms with Crippen LogP contribution in [0.15, 0.2) is 23.3 Å². The Labute approximate surface area is 150 Å². The van der Waals surface area contributed by atoms with Gasteiger partial charge < -0.3 is 15.5 Å². The molecule has 4 N–H and O–H groups in total. The molecule has 0 unspecified atom stereocenters. The highest BCUT2D eigenvalue weighted by Crippen LogP contribution is 2.35. The largest absolute Gasteiger partial charge is 0.416 e. The van der Waals surface area contributed by atoms with Gasteiger partial charge in [0, 0.05) is 13.6 Å². The fraction of sp³-hybridized carbons (Fsp3) is 0.438. The molecule has 1 aromatic rings. The number of hydrogen-bond acceptors (Lipinski definition) is 6. The van der Waals surface area contributed by atoms with Crippen molar-refractivity contribution in [1.29, 1.82) is 10.7 Å². The molecule has 0 fully saturated rings. The minimum absolute atomic E-state index is 0.0705. The van der Waals surface area contributed by atoms with Crippen LogP contribution in [0, 0.1) is 16.7 Å². The van der Waals surface area contributed by atoms with Crippen LogP contribution in [0.1, 0.15) is 12.0 Å². The quantitative estimate of drug-likeness (QED) is 0.371. The van der Waals surface area contributed by atoms with Crippen LogP contribution in [0.2, 0.25) is 0 Å². The average Bonchev–Trinajstić information content (AvgIpc) is 2.53. The highest BCUT2D eigenvalue weighted by molar-refractivity contribution is 6.45. The number of alkyl halides is 3. The van der Waals surface area contributed by atoms with E-state index in [0.717, 1.165) is 25.1 Å². The zero-order chi connectivity index (χ0) is 19.9. The number of hydrogen-bond donors (Lipinski definition) is 3. The summed E-state index contributed by atoms with van der Waals surface area (Å²) < 4.78 is 39.0. The highest BCUT2D eigenvalue weighted by atomic mass is 19.4. The molecule has 0 aliphatic heterocycles. The van der Waals surface area contributed by atoms with Crippen LogP contribution in [-0.2, 0) is 6.18 Å². The van der Waals surface area contributed by atoms with Crippen LogP contribution in [0.25, 0.3) is 0 Å². The number of rotatable bonds is 8. The van der Waals surface area contributed by atoms with Crippen molar-refractivity contribution in [2.45, 2.75) is 12.6 Å². The molecule has 1 aromatic carbocycles. The van der Waals surface area contributed by atoms with Gasteiger partial charge in [0.25, 0.3) is 0 Å². The molecule has 7 nitrogen and oxygen atoms in total. The van der Waals surface area contributed by atoms with Gasteiger partial charge >= 0.3 is 6.18 Å². The van der Waals surface area contributed by atoms with Gasteiger partial charge in [-0.1, -0.05) is 0 Å². The van der Waals surface area contributed by atoms with Crippen LogP contribution in [0.4, 0.5) is 24.5 Å². The molecule has 1 rings (SSSR count). The zero-order valence-corrected chi connectivity index (χ0v) is 14.9. The Morgan fingerprint density at radius 3 is 2.46 bits per heavy atom. The molecule has 0 radical (unpaired) electrons. The lowest BCUT2D eigenvalue weighted by atomic mass is 10.1. The van der Waals surface area contributed by atoms with Crippen molar-refractivity contribution in [2.75, 3.05) is 44.6 Å². The van der Waals surface area contributed by atoms with Gasteiger partial charge in [-0.25, -0.2) is 0 Å². The Hall–Kier alpha value is -2.80. The SMILES string of the molecule is CN(C)CCCN(C)c1ccc(C(F)(F)F)cc1N/N=C(\C#N)C(=N)N. The van der Waals surface area contributed by atoms with Crippen LogP contribution >= 0.6 is 0 Å². The molecule has 142 valence electrons. The van der Waals surface area contributed by atoms with Crippen LogP contribution < -0.4 is 16.1 Å². The summed E-state index contributed by atoms with van der Waals surface area (Å²) in [7, 11) is 5.62. The summed E-state index contributed by atoms with van der Waals surface area (Å²) in [6.45, 7) is 1.44. The summed E-state index contributed by atoms with van der Waals surface area (Å²) in [5, 5.41) is 19.7. The third-order valence-corrected chi connectivity index (χ3v) is 3.48. The maximum Gasteiger partial charge on any atom is 0.416 e. The summed E-state index contributed by atoms with van der Waals surface area (Å²) >= 11 is 0. The van der Waals surface area contributed by atoms with E-state index in [0.29, 0.717) is 12.2 Å². The van der Waals surface area contributed by atoms with Crippen LogP contribution in [-0.4, -0.2) is 50.7 Å². The van der Waals surface area contributed by atoms with Gasteiger partial charge in [0.15, 0.2) is 5.84 Å². The van der Waals surface area contributed by atoms with E-state index < -0.39 is 23.3 Å². The first-order chi connectivity index (χ1) is 12.1. The highest BCUT2D eigenvalue weighted by Gasteiger charge is 2.31. The lowest BCUT2D eigenvalue weighted by Crippen LogP contribution is -2.25. The Balaban J connectivity index is 3.16. The van der Waals surface area contributed by atoms with E-state index in [9.17, 15) is 13.2 Å². The third kappa shape index (κ3) is 6.25. The Morgan fingerprint density at radius 1 is 1.31 bits per heavy atom. The number of amidine groups is 1. The van der Waals surface area contributed by atoms with Crippen molar-refractivity contribution in [3.05, 3.63) is 23.8 Å². The first kappa shape index (κ1) is 21.2. The van der Waals surface area contributed by atoms with Gasteiger partial charge in [-0.05, 0) is 45.3 Å². The monoisotopic (exact) mass is 369 g/mol. The molecule has 0 bridgehead atoms. The van der Waals surface area contributed by atoms with Crippen LogP contribution in [0.3, 0.4) is 0 Å². The molecule has 0 aromatic heterocycles. The summed E-state index contributed by atoms with van der Waals surface area (Å²) in [5.41, 5.74) is 6.93. The molecule has 0 spiro atoms. The van der Waals surface area contributed by atoms with Crippen LogP contribution in [0.5, 0.6) is 0 Å². The van der Waals surface area contributed by atoms with Gasteiger partial charge in [0.2, 0.25) is 5.71 Å². The number of anilines is 2. The molecule has 0 heterocycles. The van der Waals surface area contributed by atoms with E-state index in [1.807, 2.05) is 19.0 Å². The first-order valence-electron chi connectivity index (χ1n) is 7.71. The Morgan fingerprint density at radius 2 is 1.96 bits per heavy atom. The van der Waals surface area contributed by atoms with E-state index in [1.54, 1.807) is 18.0 Å². The molecule has 0 aliphatic rings. The third-order valence-electron chi connectivity index (χ3n) is 3.48. The van der Waals surface area contributed by atoms with Gasteiger partial charge in [0.1, 0.15) is 6.07 Å². The lowest BCUT2D eigenvalue weighted by molar-refractivity contribution is -0.137. The summed E-state index contributed by atoms with van der Waals surface area (Å²) in [4.78, 5) is 3.80. The number of nitriles is 1. The summed E-state index contributed by atoms with van der Waals surface area (Å²) in [6, 6.07) is 4.85. The topological polar surface area (TPSA) is 105 Å². The van der Waals surface area contributed by atoms with Gasteiger partial charge in [-0.3, -0.25) is 10.8 Å². The smallest absolute Gasteiger partial charge is 0.382 e. The maximum atomic E-state index is 13.0. The number of hydrazone groups is 1. The Bertz CT molecular complexity index is 705.